The molecule has 0 fully saturated rings. The van der Waals surface area contributed by atoms with E-state index in [1.807, 2.05) is 37.3 Å². The van der Waals surface area contributed by atoms with Gasteiger partial charge in [-0.1, -0.05) is 51.2 Å². The number of benzene rings is 2. The second kappa shape index (κ2) is 11.7. The second-order valence-corrected chi connectivity index (χ2v) is 11.2. The third-order valence-corrected chi connectivity index (χ3v) is 7.30. The number of carboxylic acids is 1. The molecule has 1 atom stereocenters. The summed E-state index contributed by atoms with van der Waals surface area (Å²) in [6.07, 6.45) is 11.0. The van der Waals surface area contributed by atoms with Gasteiger partial charge >= 0.3 is 5.97 Å². The molecule has 1 unspecified atom stereocenters. The monoisotopic (exact) mass is 531 g/mol. The molecular weight excluding hydrogens is 498 g/mol. The Hall–Kier alpha value is -3.84. The number of methoxy groups -OCH3 is 1. The third-order valence-electron chi connectivity index (χ3n) is 6.17. The van der Waals surface area contributed by atoms with Crippen molar-refractivity contribution >= 4 is 17.3 Å². The quantitative estimate of drug-likeness (QED) is 0.311. The summed E-state index contributed by atoms with van der Waals surface area (Å²) in [7, 11) is 1.66. The van der Waals surface area contributed by atoms with Crippen LogP contribution in [-0.4, -0.2) is 29.8 Å². The number of allylic oxidation sites excluding steroid dienone is 6. The number of thiazole rings is 1. The van der Waals surface area contributed by atoms with E-state index < -0.39 is 5.97 Å². The van der Waals surface area contributed by atoms with Crippen molar-refractivity contribution in [1.29, 1.82) is 0 Å². The van der Waals surface area contributed by atoms with Crippen LogP contribution in [0.25, 0.3) is 11.3 Å². The van der Waals surface area contributed by atoms with E-state index in [1.54, 1.807) is 30.6 Å². The molecule has 0 aliphatic heterocycles. The first-order valence-corrected chi connectivity index (χ1v) is 13.2. The Bertz CT molecular complexity index is 1380. The number of carboxylic acid groups (broad SMARTS) is 1. The van der Waals surface area contributed by atoms with E-state index in [1.165, 1.54) is 5.57 Å². The van der Waals surface area contributed by atoms with Crippen LogP contribution in [0.15, 0.2) is 78.4 Å². The number of hydrogen-bond acceptors (Lipinski definition) is 6. The van der Waals surface area contributed by atoms with Crippen LogP contribution in [0.2, 0.25) is 0 Å². The second-order valence-electron chi connectivity index (χ2n) is 10.1. The maximum Gasteiger partial charge on any atom is 0.341 e. The maximum atomic E-state index is 10.8. The van der Waals surface area contributed by atoms with Gasteiger partial charge in [-0.3, -0.25) is 0 Å². The Morgan fingerprint density at radius 2 is 1.79 bits per heavy atom. The predicted octanol–water partition coefficient (Wildman–Crippen LogP) is 7.35. The number of aryl methyl sites for hydroxylation is 1. The van der Waals surface area contributed by atoms with Crippen molar-refractivity contribution in [1.82, 2.24) is 4.98 Å². The van der Waals surface area contributed by atoms with Crippen molar-refractivity contribution in [3.8, 4) is 28.5 Å². The van der Waals surface area contributed by atoms with E-state index in [0.29, 0.717) is 18.1 Å². The van der Waals surface area contributed by atoms with E-state index in [9.17, 15) is 4.79 Å². The highest BCUT2D eigenvalue weighted by Gasteiger charge is 2.21. The lowest BCUT2D eigenvalue weighted by Gasteiger charge is -2.19. The summed E-state index contributed by atoms with van der Waals surface area (Å²) >= 11 is 1.64. The van der Waals surface area contributed by atoms with Gasteiger partial charge in [-0.05, 0) is 65.9 Å². The summed E-state index contributed by atoms with van der Waals surface area (Å²) in [5, 5.41) is 9.71. The van der Waals surface area contributed by atoms with Crippen LogP contribution in [0.5, 0.6) is 17.2 Å². The van der Waals surface area contributed by atoms with Gasteiger partial charge in [-0.15, -0.1) is 11.3 Å². The summed E-state index contributed by atoms with van der Waals surface area (Å²) in [5.41, 5.74) is 4.10. The molecule has 1 aliphatic rings. The minimum atomic E-state index is -1.01. The summed E-state index contributed by atoms with van der Waals surface area (Å²) in [6, 6.07) is 13.3. The Labute approximate surface area is 227 Å². The molecule has 0 spiro atoms. The van der Waals surface area contributed by atoms with Gasteiger partial charge in [0.15, 0.2) is 6.61 Å². The molecule has 7 heteroatoms. The van der Waals surface area contributed by atoms with Crippen molar-refractivity contribution in [2.24, 2.45) is 5.41 Å². The number of hydrogen-bond donors (Lipinski definition) is 1. The molecular formula is C31H33NO5S. The van der Waals surface area contributed by atoms with E-state index in [-0.39, 0.29) is 17.9 Å². The summed E-state index contributed by atoms with van der Waals surface area (Å²) < 4.78 is 16.7. The van der Waals surface area contributed by atoms with Crippen LogP contribution in [0.3, 0.4) is 0 Å². The first-order chi connectivity index (χ1) is 18.1. The zero-order valence-corrected chi connectivity index (χ0v) is 23.2. The molecule has 1 N–H and O–H groups in total. The Balaban J connectivity index is 1.59. The van der Waals surface area contributed by atoms with E-state index in [2.05, 4.69) is 51.2 Å². The van der Waals surface area contributed by atoms with Crippen LogP contribution in [-0.2, 0) is 11.4 Å². The van der Waals surface area contributed by atoms with Crippen LogP contribution >= 0.6 is 11.3 Å². The number of carbonyl (C=O) groups is 1. The van der Waals surface area contributed by atoms with E-state index in [4.69, 9.17) is 24.3 Å². The number of aromatic nitrogens is 1. The lowest BCUT2D eigenvalue weighted by Crippen LogP contribution is -2.10. The van der Waals surface area contributed by atoms with Gasteiger partial charge in [-0.25, -0.2) is 9.78 Å². The molecule has 0 radical (unpaired) electrons. The molecule has 0 amide bonds. The van der Waals surface area contributed by atoms with Crippen LogP contribution in [0, 0.1) is 12.3 Å². The fourth-order valence-electron chi connectivity index (χ4n) is 4.06. The predicted molar refractivity (Wildman–Crippen MR) is 151 cm³/mol. The lowest BCUT2D eigenvalue weighted by molar-refractivity contribution is -0.139. The molecule has 1 aromatic heterocycles. The number of aliphatic carboxylic acids is 1. The summed E-state index contributed by atoms with van der Waals surface area (Å²) in [5.74, 6) is 1.06. The van der Waals surface area contributed by atoms with Crippen molar-refractivity contribution in [2.45, 2.75) is 40.2 Å². The highest BCUT2D eigenvalue weighted by Crippen LogP contribution is 2.39. The first kappa shape index (κ1) is 27.2. The van der Waals surface area contributed by atoms with E-state index >= 15 is 0 Å². The Morgan fingerprint density at radius 1 is 1.05 bits per heavy atom. The lowest BCUT2D eigenvalue weighted by atomic mass is 9.86. The molecule has 0 bridgehead atoms. The normalized spacial score (nSPS) is 15.1. The summed E-state index contributed by atoms with van der Waals surface area (Å²) in [6.45, 7) is 8.44. The van der Waals surface area contributed by atoms with Crippen LogP contribution in [0.4, 0.5) is 0 Å². The molecule has 38 heavy (non-hydrogen) atoms. The molecule has 0 saturated heterocycles. The molecule has 198 valence electrons. The zero-order valence-electron chi connectivity index (χ0n) is 22.4. The van der Waals surface area contributed by atoms with Gasteiger partial charge in [0.1, 0.15) is 28.9 Å². The van der Waals surface area contributed by atoms with Gasteiger partial charge < -0.3 is 19.3 Å². The average Bonchev–Trinajstić information content (AvgIpc) is 3.14. The van der Waals surface area contributed by atoms with Crippen molar-refractivity contribution in [3.05, 3.63) is 93.9 Å². The average molecular weight is 532 g/mol. The van der Waals surface area contributed by atoms with Gasteiger partial charge in [0, 0.05) is 16.4 Å². The number of nitrogens with zero attached hydrogens (tertiary/aromatic N) is 1. The number of ether oxygens (including phenoxy) is 3. The zero-order chi connectivity index (χ0) is 27.3. The fraction of sp³-hybridized carbons (Fsp3) is 0.290. The standard InChI is InChI=1S/C31H33NO5S/c1-20-17-25(15-16-26(20)37-19-28(33)34)36-18-27-32-29(21-10-13-24(35-5)14-11-21)30(38-27)22-7-6-8-23(12-9-22)31(2,3)4/h6-17,22H,18-19H2,1-5H3,(H,33,34). The molecule has 1 aliphatic carbocycles. The Morgan fingerprint density at radius 3 is 2.45 bits per heavy atom. The van der Waals surface area contributed by atoms with Crippen molar-refractivity contribution in [2.75, 3.05) is 13.7 Å². The highest BCUT2D eigenvalue weighted by molar-refractivity contribution is 7.12. The summed E-state index contributed by atoms with van der Waals surface area (Å²) in [4.78, 5) is 16.9. The van der Waals surface area contributed by atoms with Crippen LogP contribution in [0.1, 0.15) is 42.1 Å². The molecule has 3 aromatic rings. The molecule has 1 heterocycles. The van der Waals surface area contributed by atoms with Gasteiger partial charge in [-0.2, -0.15) is 0 Å². The minimum Gasteiger partial charge on any atom is -0.497 e. The molecule has 6 nitrogen and oxygen atoms in total. The first-order valence-electron chi connectivity index (χ1n) is 12.4. The molecule has 0 saturated carbocycles. The van der Waals surface area contributed by atoms with Gasteiger partial charge in [0.05, 0.1) is 12.8 Å². The Kier molecular flexibility index (Phi) is 8.37. The third kappa shape index (κ3) is 6.72. The minimum absolute atomic E-state index is 0.0631. The van der Waals surface area contributed by atoms with Gasteiger partial charge in [0.25, 0.3) is 0 Å². The van der Waals surface area contributed by atoms with Gasteiger partial charge in [0.2, 0.25) is 0 Å². The van der Waals surface area contributed by atoms with Crippen LogP contribution < -0.4 is 14.2 Å². The van der Waals surface area contributed by atoms with E-state index in [0.717, 1.165) is 32.5 Å². The largest absolute Gasteiger partial charge is 0.497 e. The van der Waals surface area contributed by atoms with Crippen molar-refractivity contribution in [3.63, 3.8) is 0 Å². The SMILES string of the molecule is COc1ccc(-c2nc(COc3ccc(OCC(=O)O)c(C)c3)sc2C2C=CC=C(C(C)(C)C)C=C2)cc1. The fourth-order valence-corrected chi connectivity index (χ4v) is 5.12. The molecule has 4 rings (SSSR count). The highest BCUT2D eigenvalue weighted by atomic mass is 32.1. The smallest absolute Gasteiger partial charge is 0.341 e. The molecule has 2 aromatic carbocycles. The van der Waals surface area contributed by atoms with Crippen molar-refractivity contribution < 1.29 is 24.1 Å². The number of rotatable bonds is 9. The maximum absolute atomic E-state index is 10.8. The topological polar surface area (TPSA) is 77.9 Å².